The van der Waals surface area contributed by atoms with E-state index in [1.807, 2.05) is 30.3 Å². The molecule has 0 atom stereocenters. The standard InChI is InChI=1S/C42H29N3O2S2/c43-29-31(42(46)47)28-38-24-25-40(48-38)41-27-26-39(49-41)30-16-18-35(19-17-30)45(34-14-8-3-9-15-34)37-22-20-36(21-23-37)44(32-10-4-1-5-11-32)33-12-6-2-7-13-33/h1-28H,(H,46,47). The second-order valence-electron chi connectivity index (χ2n) is 11.1. The molecule has 236 valence electrons. The molecule has 5 nitrogen and oxygen atoms in total. The minimum atomic E-state index is -1.22. The molecule has 0 radical (unpaired) electrons. The highest BCUT2D eigenvalue weighted by Gasteiger charge is 2.16. The summed E-state index contributed by atoms with van der Waals surface area (Å²) in [7, 11) is 0. The molecule has 7 rings (SSSR count). The topological polar surface area (TPSA) is 67.6 Å². The van der Waals surface area contributed by atoms with Crippen LogP contribution in [0.4, 0.5) is 34.1 Å². The van der Waals surface area contributed by atoms with Crippen molar-refractivity contribution in [1.29, 1.82) is 5.26 Å². The highest BCUT2D eigenvalue weighted by molar-refractivity contribution is 7.24. The van der Waals surface area contributed by atoms with Gasteiger partial charge < -0.3 is 14.9 Å². The van der Waals surface area contributed by atoms with Gasteiger partial charge in [0.25, 0.3) is 0 Å². The van der Waals surface area contributed by atoms with Crippen LogP contribution in [0.2, 0.25) is 0 Å². The molecule has 0 saturated carbocycles. The first-order valence-electron chi connectivity index (χ1n) is 15.6. The van der Waals surface area contributed by atoms with E-state index in [1.54, 1.807) is 17.4 Å². The first-order valence-corrected chi connectivity index (χ1v) is 17.2. The lowest BCUT2D eigenvalue weighted by Gasteiger charge is -2.28. The molecule has 2 heterocycles. The average molecular weight is 672 g/mol. The van der Waals surface area contributed by atoms with Crippen LogP contribution < -0.4 is 9.80 Å². The maximum Gasteiger partial charge on any atom is 0.346 e. The molecular formula is C42H29N3O2S2. The van der Waals surface area contributed by atoms with E-state index in [0.717, 1.165) is 59.2 Å². The maximum absolute atomic E-state index is 11.2. The minimum Gasteiger partial charge on any atom is -0.477 e. The van der Waals surface area contributed by atoms with Crippen LogP contribution in [0, 0.1) is 11.3 Å². The number of carboxylic acid groups (broad SMARTS) is 1. The van der Waals surface area contributed by atoms with Crippen molar-refractivity contribution in [3.8, 4) is 26.3 Å². The van der Waals surface area contributed by atoms with Crippen molar-refractivity contribution in [2.24, 2.45) is 0 Å². The van der Waals surface area contributed by atoms with E-state index in [1.165, 1.54) is 17.4 Å². The number of hydrogen-bond donors (Lipinski definition) is 1. The normalized spacial score (nSPS) is 11.1. The quantitative estimate of drug-likeness (QED) is 0.116. The fourth-order valence-corrected chi connectivity index (χ4v) is 7.68. The monoisotopic (exact) mass is 671 g/mol. The van der Waals surface area contributed by atoms with Gasteiger partial charge in [0.15, 0.2) is 0 Å². The molecule has 5 aromatic carbocycles. The highest BCUT2D eigenvalue weighted by Crippen LogP contribution is 2.41. The van der Waals surface area contributed by atoms with E-state index in [-0.39, 0.29) is 5.57 Å². The van der Waals surface area contributed by atoms with Gasteiger partial charge in [0, 0.05) is 53.6 Å². The van der Waals surface area contributed by atoms with Gasteiger partial charge in [-0.25, -0.2) is 4.79 Å². The number of anilines is 6. The fourth-order valence-electron chi connectivity index (χ4n) is 5.62. The molecule has 0 fully saturated rings. The largest absolute Gasteiger partial charge is 0.477 e. The summed E-state index contributed by atoms with van der Waals surface area (Å²) in [4.78, 5) is 19.7. The summed E-state index contributed by atoms with van der Waals surface area (Å²) in [6.07, 6.45) is 1.42. The van der Waals surface area contributed by atoms with Gasteiger partial charge >= 0.3 is 5.97 Å². The van der Waals surface area contributed by atoms with E-state index in [9.17, 15) is 9.90 Å². The van der Waals surface area contributed by atoms with Crippen molar-refractivity contribution < 1.29 is 9.90 Å². The number of thiophene rings is 2. The van der Waals surface area contributed by atoms with Crippen LogP contribution in [0.15, 0.2) is 169 Å². The Labute approximate surface area is 293 Å². The van der Waals surface area contributed by atoms with Crippen LogP contribution >= 0.6 is 22.7 Å². The molecule has 7 heteroatoms. The molecule has 0 spiro atoms. The van der Waals surface area contributed by atoms with Crippen LogP contribution in [0.1, 0.15) is 4.88 Å². The lowest BCUT2D eigenvalue weighted by Crippen LogP contribution is -2.12. The van der Waals surface area contributed by atoms with Crippen LogP contribution in [0.3, 0.4) is 0 Å². The van der Waals surface area contributed by atoms with Crippen LogP contribution in [0.25, 0.3) is 26.3 Å². The third-order valence-electron chi connectivity index (χ3n) is 7.93. The number of nitrogens with zero attached hydrogens (tertiary/aromatic N) is 3. The first kappa shape index (κ1) is 31.4. The predicted molar refractivity (Wildman–Crippen MR) is 204 cm³/mol. The fraction of sp³-hybridized carbons (Fsp3) is 0. The number of carboxylic acids is 1. The SMILES string of the molecule is N#CC(=Cc1ccc(-c2ccc(-c3ccc(N(c4ccccc4)c4ccc(N(c5ccccc5)c5ccccc5)cc4)cc3)s2)s1)C(=O)O. The molecule has 49 heavy (non-hydrogen) atoms. The third-order valence-corrected chi connectivity index (χ3v) is 10.3. The summed E-state index contributed by atoms with van der Waals surface area (Å²) in [6, 6.07) is 58.2. The average Bonchev–Trinajstić information content (AvgIpc) is 3.84. The van der Waals surface area contributed by atoms with Gasteiger partial charge in [-0.05, 0) is 109 Å². The summed E-state index contributed by atoms with van der Waals surface area (Å²) in [6.45, 7) is 0. The number of carbonyl (C=O) groups is 1. The van der Waals surface area contributed by atoms with Crippen molar-refractivity contribution in [3.63, 3.8) is 0 Å². The number of aliphatic carboxylic acids is 1. The summed E-state index contributed by atoms with van der Waals surface area (Å²) in [5, 5.41) is 18.3. The minimum absolute atomic E-state index is 0.276. The Balaban J connectivity index is 1.17. The Morgan fingerprint density at radius 3 is 1.35 bits per heavy atom. The summed E-state index contributed by atoms with van der Waals surface area (Å²) in [5.41, 5.74) is 7.25. The van der Waals surface area contributed by atoms with Crippen molar-refractivity contribution in [2.75, 3.05) is 9.80 Å². The molecule has 0 aliphatic carbocycles. The summed E-state index contributed by atoms with van der Waals surface area (Å²) in [5.74, 6) is -1.22. The number of rotatable bonds is 10. The second kappa shape index (κ2) is 14.3. The Hall–Kier alpha value is -6.20. The molecule has 0 bridgehead atoms. The zero-order chi connectivity index (χ0) is 33.6. The van der Waals surface area contributed by atoms with E-state index in [4.69, 9.17) is 5.26 Å². The number of para-hydroxylation sites is 3. The van der Waals surface area contributed by atoms with Crippen LogP contribution in [0.5, 0.6) is 0 Å². The lowest BCUT2D eigenvalue weighted by atomic mass is 10.1. The van der Waals surface area contributed by atoms with Crippen LogP contribution in [-0.2, 0) is 4.79 Å². The zero-order valence-corrected chi connectivity index (χ0v) is 27.8. The van der Waals surface area contributed by atoms with Crippen molar-refractivity contribution in [3.05, 3.63) is 174 Å². The van der Waals surface area contributed by atoms with Gasteiger partial charge in [-0.15, -0.1) is 22.7 Å². The van der Waals surface area contributed by atoms with Gasteiger partial charge in [-0.1, -0.05) is 66.7 Å². The van der Waals surface area contributed by atoms with E-state index in [2.05, 4.69) is 143 Å². The molecule has 2 aromatic heterocycles. The van der Waals surface area contributed by atoms with Gasteiger partial charge in [0.2, 0.25) is 0 Å². The molecule has 0 unspecified atom stereocenters. The number of nitriles is 1. The lowest BCUT2D eigenvalue weighted by molar-refractivity contribution is -0.132. The van der Waals surface area contributed by atoms with E-state index in [0.29, 0.717) is 0 Å². The van der Waals surface area contributed by atoms with Gasteiger partial charge in [0.05, 0.1) is 0 Å². The second-order valence-corrected chi connectivity index (χ2v) is 13.3. The number of hydrogen-bond acceptors (Lipinski definition) is 6. The molecular weight excluding hydrogens is 643 g/mol. The van der Waals surface area contributed by atoms with Gasteiger partial charge in [0.1, 0.15) is 11.6 Å². The smallest absolute Gasteiger partial charge is 0.346 e. The predicted octanol–water partition coefficient (Wildman–Crippen LogP) is 12.1. The van der Waals surface area contributed by atoms with Gasteiger partial charge in [-0.2, -0.15) is 5.26 Å². The zero-order valence-electron chi connectivity index (χ0n) is 26.2. The third kappa shape index (κ3) is 6.92. The maximum atomic E-state index is 11.2. The van der Waals surface area contributed by atoms with Gasteiger partial charge in [-0.3, -0.25) is 0 Å². The van der Waals surface area contributed by atoms with Crippen molar-refractivity contribution >= 4 is 68.8 Å². The van der Waals surface area contributed by atoms with E-state index < -0.39 is 5.97 Å². The molecule has 0 aliphatic rings. The molecule has 0 amide bonds. The Morgan fingerprint density at radius 2 is 0.898 bits per heavy atom. The Morgan fingerprint density at radius 1 is 0.510 bits per heavy atom. The molecule has 7 aromatic rings. The number of benzene rings is 5. The first-order chi connectivity index (χ1) is 24.1. The van der Waals surface area contributed by atoms with Crippen molar-refractivity contribution in [2.45, 2.75) is 0 Å². The summed E-state index contributed by atoms with van der Waals surface area (Å²) >= 11 is 3.15. The Bertz CT molecular complexity index is 2210. The van der Waals surface area contributed by atoms with E-state index >= 15 is 0 Å². The Kier molecular flexibility index (Phi) is 9.15. The molecule has 0 aliphatic heterocycles. The van der Waals surface area contributed by atoms with Crippen molar-refractivity contribution in [1.82, 2.24) is 0 Å². The summed E-state index contributed by atoms with van der Waals surface area (Å²) < 4.78 is 0. The molecule has 1 N–H and O–H groups in total. The van der Waals surface area contributed by atoms with Crippen LogP contribution in [-0.4, -0.2) is 11.1 Å². The molecule has 0 saturated heterocycles. The highest BCUT2D eigenvalue weighted by atomic mass is 32.1.